The van der Waals surface area contributed by atoms with Crippen molar-refractivity contribution in [1.82, 2.24) is 10.2 Å². The summed E-state index contributed by atoms with van der Waals surface area (Å²) in [5.41, 5.74) is 1.52. The van der Waals surface area contributed by atoms with Gasteiger partial charge < -0.3 is 19.5 Å². The first-order chi connectivity index (χ1) is 16.0. The van der Waals surface area contributed by atoms with Crippen molar-refractivity contribution in [2.24, 2.45) is 0 Å². The molecule has 3 amide bonds. The smallest absolute Gasteiger partial charge is 0.293 e. The fraction of sp³-hybridized carbons (Fsp3) is 0.208. The quantitative estimate of drug-likeness (QED) is 0.562. The molecule has 1 fully saturated rings. The van der Waals surface area contributed by atoms with E-state index in [0.717, 1.165) is 22.2 Å². The van der Waals surface area contributed by atoms with Crippen molar-refractivity contribution in [2.45, 2.75) is 0 Å². The van der Waals surface area contributed by atoms with E-state index in [1.807, 2.05) is 30.3 Å². The molecule has 1 heterocycles. The minimum Gasteiger partial charge on any atom is -0.493 e. The van der Waals surface area contributed by atoms with Gasteiger partial charge in [0.2, 0.25) is 11.7 Å². The monoisotopic (exact) mass is 468 g/mol. The van der Waals surface area contributed by atoms with Gasteiger partial charge in [-0.25, -0.2) is 0 Å². The largest absolute Gasteiger partial charge is 0.493 e. The highest BCUT2D eigenvalue weighted by atomic mass is 32.2. The zero-order chi connectivity index (χ0) is 23.8. The first-order valence-corrected chi connectivity index (χ1v) is 10.8. The molecule has 0 atom stereocenters. The van der Waals surface area contributed by atoms with Crippen LogP contribution in [0.5, 0.6) is 17.2 Å². The molecular formula is C24H24N2O6S. The third kappa shape index (κ3) is 5.95. The number of methoxy groups -OCH3 is 3. The molecule has 0 bridgehead atoms. The van der Waals surface area contributed by atoms with E-state index in [0.29, 0.717) is 22.8 Å². The van der Waals surface area contributed by atoms with Gasteiger partial charge in [-0.15, -0.1) is 0 Å². The summed E-state index contributed by atoms with van der Waals surface area (Å²) in [6, 6.07) is 12.8. The van der Waals surface area contributed by atoms with Crippen LogP contribution in [0.2, 0.25) is 0 Å². The second-order valence-electron chi connectivity index (χ2n) is 6.83. The van der Waals surface area contributed by atoms with Gasteiger partial charge in [-0.2, -0.15) is 0 Å². The maximum Gasteiger partial charge on any atom is 0.293 e. The molecule has 0 saturated carbocycles. The average molecular weight is 469 g/mol. The number of thioether (sulfide) groups is 1. The normalized spacial score (nSPS) is 14.8. The predicted octanol–water partition coefficient (Wildman–Crippen LogP) is 3.58. The van der Waals surface area contributed by atoms with Crippen molar-refractivity contribution in [1.29, 1.82) is 0 Å². The minimum absolute atomic E-state index is 0.0716. The van der Waals surface area contributed by atoms with Gasteiger partial charge in [0.15, 0.2) is 11.5 Å². The fourth-order valence-electron chi connectivity index (χ4n) is 3.11. The molecule has 9 heteroatoms. The van der Waals surface area contributed by atoms with Crippen molar-refractivity contribution < 1.29 is 28.6 Å². The zero-order valence-corrected chi connectivity index (χ0v) is 19.3. The Balaban J connectivity index is 1.63. The number of ether oxygens (including phenoxy) is 3. The predicted molar refractivity (Wildman–Crippen MR) is 127 cm³/mol. The van der Waals surface area contributed by atoms with E-state index >= 15 is 0 Å². The molecule has 172 valence electrons. The number of nitrogens with one attached hydrogen (secondary N) is 1. The standard InChI is InChI=1S/C24H24N2O6S/c1-30-18-13-17(14-19(31-2)22(18)32-3)15-20-23(28)26(24(29)33-20)12-11-25-21(27)10-9-16-7-5-4-6-8-16/h4-10,13-15H,11-12H2,1-3H3,(H,25,27)/b10-9+,20-15-. The lowest BCUT2D eigenvalue weighted by Crippen LogP contribution is -2.36. The third-order valence-corrected chi connectivity index (χ3v) is 5.63. The Hall–Kier alpha value is -3.72. The number of nitrogens with zero attached hydrogens (tertiary/aromatic N) is 1. The maximum absolute atomic E-state index is 12.7. The zero-order valence-electron chi connectivity index (χ0n) is 18.5. The Bertz CT molecular complexity index is 1070. The number of hydrogen-bond donors (Lipinski definition) is 1. The number of imide groups is 1. The molecule has 1 aliphatic rings. The number of carbonyl (C=O) groups is 3. The molecule has 3 rings (SSSR count). The van der Waals surface area contributed by atoms with Crippen LogP contribution in [-0.4, -0.2) is 56.4 Å². The highest BCUT2D eigenvalue weighted by Gasteiger charge is 2.34. The van der Waals surface area contributed by atoms with Crippen LogP contribution in [0.25, 0.3) is 12.2 Å². The van der Waals surface area contributed by atoms with Crippen LogP contribution in [-0.2, 0) is 9.59 Å². The Labute approximate surface area is 196 Å². The summed E-state index contributed by atoms with van der Waals surface area (Å²) in [6.45, 7) is 0.218. The second kappa shape index (κ2) is 11.2. The first-order valence-electron chi connectivity index (χ1n) is 10.0. The third-order valence-electron chi connectivity index (χ3n) is 4.72. The van der Waals surface area contributed by atoms with E-state index in [-0.39, 0.29) is 23.9 Å². The van der Waals surface area contributed by atoms with Crippen molar-refractivity contribution in [3.63, 3.8) is 0 Å². The summed E-state index contributed by atoms with van der Waals surface area (Å²) in [5.74, 6) is 0.580. The van der Waals surface area contributed by atoms with Crippen LogP contribution in [0.15, 0.2) is 53.4 Å². The van der Waals surface area contributed by atoms with E-state index in [9.17, 15) is 14.4 Å². The highest BCUT2D eigenvalue weighted by molar-refractivity contribution is 8.18. The molecule has 1 saturated heterocycles. The Morgan fingerprint density at radius 2 is 1.67 bits per heavy atom. The Morgan fingerprint density at radius 1 is 1.00 bits per heavy atom. The molecular weight excluding hydrogens is 444 g/mol. The average Bonchev–Trinajstić information content (AvgIpc) is 3.09. The minimum atomic E-state index is -0.423. The Kier molecular flexibility index (Phi) is 8.15. The van der Waals surface area contributed by atoms with Crippen molar-refractivity contribution in [2.75, 3.05) is 34.4 Å². The summed E-state index contributed by atoms with van der Waals surface area (Å²) in [4.78, 5) is 38.5. The van der Waals surface area contributed by atoms with E-state index < -0.39 is 11.1 Å². The molecule has 8 nitrogen and oxygen atoms in total. The molecule has 0 aliphatic carbocycles. The number of hydrogen-bond acceptors (Lipinski definition) is 7. The molecule has 1 aliphatic heterocycles. The van der Waals surface area contributed by atoms with Crippen LogP contribution in [0.3, 0.4) is 0 Å². The molecule has 2 aromatic rings. The molecule has 0 aromatic heterocycles. The van der Waals surface area contributed by atoms with Gasteiger partial charge in [0.25, 0.3) is 11.1 Å². The van der Waals surface area contributed by atoms with E-state index in [2.05, 4.69) is 5.32 Å². The molecule has 1 N–H and O–H groups in total. The number of amides is 3. The van der Waals surface area contributed by atoms with Gasteiger partial charge in [-0.3, -0.25) is 19.3 Å². The molecule has 33 heavy (non-hydrogen) atoms. The van der Waals surface area contributed by atoms with Crippen LogP contribution in [0.1, 0.15) is 11.1 Å². The van der Waals surface area contributed by atoms with E-state index in [1.54, 1.807) is 24.3 Å². The number of rotatable bonds is 9. The lowest BCUT2D eigenvalue weighted by Gasteiger charge is -2.13. The first kappa shape index (κ1) is 23.9. The molecule has 0 spiro atoms. The molecule has 2 aromatic carbocycles. The Morgan fingerprint density at radius 3 is 2.27 bits per heavy atom. The van der Waals surface area contributed by atoms with E-state index in [4.69, 9.17) is 14.2 Å². The highest BCUT2D eigenvalue weighted by Crippen LogP contribution is 2.40. The van der Waals surface area contributed by atoms with Gasteiger partial charge in [-0.1, -0.05) is 30.3 Å². The molecule has 0 radical (unpaired) electrons. The number of carbonyl (C=O) groups excluding carboxylic acids is 3. The molecule has 0 unspecified atom stereocenters. The summed E-state index contributed by atoms with van der Waals surface area (Å²) in [7, 11) is 4.50. The topological polar surface area (TPSA) is 94.2 Å². The van der Waals surface area contributed by atoms with Gasteiger partial charge >= 0.3 is 0 Å². The van der Waals surface area contributed by atoms with Crippen LogP contribution >= 0.6 is 11.8 Å². The van der Waals surface area contributed by atoms with E-state index in [1.165, 1.54) is 27.4 Å². The van der Waals surface area contributed by atoms with Crippen molar-refractivity contribution in [3.8, 4) is 17.2 Å². The SMILES string of the molecule is COc1cc(/C=C2\SC(=O)N(CCNC(=O)/C=C/c3ccccc3)C2=O)cc(OC)c1OC. The maximum atomic E-state index is 12.7. The summed E-state index contributed by atoms with van der Waals surface area (Å²) < 4.78 is 16.0. The van der Waals surface area contributed by atoms with Gasteiger partial charge in [-0.05, 0) is 47.2 Å². The van der Waals surface area contributed by atoms with Gasteiger partial charge in [0.1, 0.15) is 0 Å². The lowest BCUT2D eigenvalue weighted by atomic mass is 10.1. The van der Waals surface area contributed by atoms with Crippen LogP contribution < -0.4 is 19.5 Å². The van der Waals surface area contributed by atoms with Gasteiger partial charge in [0, 0.05) is 19.2 Å². The van der Waals surface area contributed by atoms with Crippen molar-refractivity contribution >= 4 is 41.0 Å². The van der Waals surface area contributed by atoms with Crippen LogP contribution in [0.4, 0.5) is 4.79 Å². The second-order valence-corrected chi connectivity index (χ2v) is 7.82. The number of benzene rings is 2. The summed E-state index contributed by atoms with van der Waals surface area (Å²) in [5, 5.41) is 2.29. The summed E-state index contributed by atoms with van der Waals surface area (Å²) >= 11 is 0.839. The van der Waals surface area contributed by atoms with Gasteiger partial charge in [0.05, 0.1) is 26.2 Å². The van der Waals surface area contributed by atoms with Crippen LogP contribution in [0, 0.1) is 0 Å². The lowest BCUT2D eigenvalue weighted by molar-refractivity contribution is -0.123. The summed E-state index contributed by atoms with van der Waals surface area (Å²) in [6.07, 6.45) is 4.69. The van der Waals surface area contributed by atoms with Crippen molar-refractivity contribution in [3.05, 3.63) is 64.6 Å². The fourth-order valence-corrected chi connectivity index (χ4v) is 3.98.